The van der Waals surface area contributed by atoms with E-state index in [1.54, 1.807) is 0 Å². The number of rotatable bonds is 3. The topological polar surface area (TPSA) is 38.8 Å². The van der Waals surface area contributed by atoms with E-state index in [4.69, 9.17) is 9.47 Å². The van der Waals surface area contributed by atoms with Gasteiger partial charge < -0.3 is 9.47 Å². The molecular formula is C13H20O3. The van der Waals surface area contributed by atoms with Crippen molar-refractivity contribution >= 4 is 5.97 Å². The highest BCUT2D eigenvalue weighted by Crippen LogP contribution is 2.55. The van der Waals surface area contributed by atoms with Crippen LogP contribution in [0.15, 0.2) is 12.2 Å². The quantitative estimate of drug-likeness (QED) is 0.419. The molecule has 1 heterocycles. The average molecular weight is 224 g/mol. The molecule has 2 rings (SSSR count). The minimum Gasteiger partial charge on any atom is -0.469 e. The summed E-state index contributed by atoms with van der Waals surface area (Å²) in [5.41, 5.74) is 1.12. The van der Waals surface area contributed by atoms with Crippen LogP contribution in [0.2, 0.25) is 0 Å². The van der Waals surface area contributed by atoms with Crippen LogP contribution < -0.4 is 0 Å². The lowest BCUT2D eigenvalue weighted by Gasteiger charge is -2.30. The Morgan fingerprint density at radius 1 is 1.56 bits per heavy atom. The van der Waals surface area contributed by atoms with E-state index in [9.17, 15) is 4.79 Å². The number of carbonyl (C=O) groups excluding carboxylic acids is 1. The number of methoxy groups -OCH3 is 1. The van der Waals surface area contributed by atoms with Crippen LogP contribution in [0.5, 0.6) is 0 Å². The first kappa shape index (κ1) is 11.6. The summed E-state index contributed by atoms with van der Waals surface area (Å²) in [6.45, 7) is 8.19. The summed E-state index contributed by atoms with van der Waals surface area (Å²) in [4.78, 5) is 11.4. The molecule has 2 aliphatic rings. The minimum atomic E-state index is -0.136. The zero-order valence-electron chi connectivity index (χ0n) is 10.3. The Bertz CT molecular complexity index is 323. The van der Waals surface area contributed by atoms with Gasteiger partial charge in [-0.1, -0.05) is 12.2 Å². The zero-order chi connectivity index (χ0) is 11.9. The van der Waals surface area contributed by atoms with Crippen LogP contribution in [0.4, 0.5) is 0 Å². The molecule has 3 heteroatoms. The van der Waals surface area contributed by atoms with Gasteiger partial charge in [0.1, 0.15) is 0 Å². The molecule has 0 unspecified atom stereocenters. The molecule has 0 aromatic carbocycles. The van der Waals surface area contributed by atoms with Gasteiger partial charge in [0.2, 0.25) is 0 Å². The van der Waals surface area contributed by atoms with E-state index in [-0.39, 0.29) is 17.5 Å². The van der Waals surface area contributed by atoms with Crippen molar-refractivity contribution in [1.82, 2.24) is 0 Å². The molecule has 1 saturated carbocycles. The molecule has 0 N–H and O–H groups in total. The van der Waals surface area contributed by atoms with Crippen LogP contribution >= 0.6 is 0 Å². The van der Waals surface area contributed by atoms with Crippen molar-refractivity contribution in [2.24, 2.45) is 11.8 Å². The number of hydrogen-bond acceptors (Lipinski definition) is 3. The molecule has 0 aromatic rings. The molecule has 0 amide bonds. The van der Waals surface area contributed by atoms with Crippen molar-refractivity contribution < 1.29 is 14.3 Å². The third-order valence-corrected chi connectivity index (χ3v) is 4.19. The third-order valence-electron chi connectivity index (χ3n) is 4.19. The Balaban J connectivity index is 2.04. The summed E-state index contributed by atoms with van der Waals surface area (Å²) in [6, 6.07) is 0. The molecule has 0 spiro atoms. The molecule has 1 aliphatic carbocycles. The molecule has 16 heavy (non-hydrogen) atoms. The standard InChI is InChI=1S/C13H20O3/c1-8(2)9-5-10(7-12(14)15-4)13(3)11(6-9)16-13/h9-11H,1,5-7H2,2-4H3/t9-,10+,11+,13-/m1/s1. The SMILES string of the molecule is C=C(C)[C@@H]1C[C@@H](CC(=O)OC)[C@@]2(C)O[C@H]2C1. The van der Waals surface area contributed by atoms with Crippen molar-refractivity contribution in [3.05, 3.63) is 12.2 Å². The summed E-state index contributed by atoms with van der Waals surface area (Å²) < 4.78 is 10.5. The Kier molecular flexibility index (Phi) is 2.82. The average Bonchev–Trinajstić information content (AvgIpc) is 2.89. The van der Waals surface area contributed by atoms with Crippen molar-refractivity contribution in [2.75, 3.05) is 7.11 Å². The van der Waals surface area contributed by atoms with E-state index >= 15 is 0 Å². The van der Waals surface area contributed by atoms with Crippen LogP contribution in [0.3, 0.4) is 0 Å². The second-order valence-electron chi connectivity index (χ2n) is 5.28. The van der Waals surface area contributed by atoms with E-state index in [2.05, 4.69) is 20.4 Å². The maximum atomic E-state index is 11.4. The highest BCUT2D eigenvalue weighted by Gasteiger charge is 2.61. The lowest BCUT2D eigenvalue weighted by atomic mass is 9.71. The largest absolute Gasteiger partial charge is 0.469 e. The lowest BCUT2D eigenvalue weighted by Crippen LogP contribution is -2.34. The maximum Gasteiger partial charge on any atom is 0.305 e. The molecule has 1 saturated heterocycles. The molecule has 3 nitrogen and oxygen atoms in total. The van der Waals surface area contributed by atoms with E-state index in [0.717, 1.165) is 12.8 Å². The summed E-state index contributed by atoms with van der Waals surface area (Å²) in [5, 5.41) is 0. The van der Waals surface area contributed by atoms with Gasteiger partial charge in [-0.25, -0.2) is 0 Å². The van der Waals surface area contributed by atoms with Gasteiger partial charge in [0, 0.05) is 5.92 Å². The summed E-state index contributed by atoms with van der Waals surface area (Å²) in [7, 11) is 1.44. The Labute approximate surface area is 96.8 Å². The fourth-order valence-electron chi connectivity index (χ4n) is 2.82. The van der Waals surface area contributed by atoms with E-state index in [1.807, 2.05) is 0 Å². The van der Waals surface area contributed by atoms with E-state index < -0.39 is 0 Å². The molecule has 0 aromatic heterocycles. The van der Waals surface area contributed by atoms with Gasteiger partial charge in [-0.05, 0) is 32.6 Å². The first-order valence-corrected chi connectivity index (χ1v) is 5.87. The van der Waals surface area contributed by atoms with Crippen molar-refractivity contribution in [3.63, 3.8) is 0 Å². The summed E-state index contributed by atoms with van der Waals surface area (Å²) in [6.07, 6.45) is 2.84. The Morgan fingerprint density at radius 2 is 2.25 bits per heavy atom. The summed E-state index contributed by atoms with van der Waals surface area (Å²) >= 11 is 0. The van der Waals surface area contributed by atoms with Gasteiger partial charge in [-0.2, -0.15) is 0 Å². The fourth-order valence-corrected chi connectivity index (χ4v) is 2.82. The van der Waals surface area contributed by atoms with Crippen molar-refractivity contribution in [1.29, 1.82) is 0 Å². The number of epoxide rings is 1. The van der Waals surface area contributed by atoms with Crippen molar-refractivity contribution in [2.45, 2.75) is 44.8 Å². The molecule has 0 radical (unpaired) electrons. The minimum absolute atomic E-state index is 0.0832. The predicted molar refractivity (Wildman–Crippen MR) is 60.9 cm³/mol. The van der Waals surface area contributed by atoms with Gasteiger partial charge in [-0.15, -0.1) is 0 Å². The van der Waals surface area contributed by atoms with E-state index in [0.29, 0.717) is 18.4 Å². The lowest BCUT2D eigenvalue weighted by molar-refractivity contribution is -0.142. The van der Waals surface area contributed by atoms with Crippen molar-refractivity contribution in [3.8, 4) is 0 Å². The second-order valence-corrected chi connectivity index (χ2v) is 5.28. The number of carbonyl (C=O) groups is 1. The number of esters is 1. The predicted octanol–water partition coefficient (Wildman–Crippen LogP) is 2.31. The van der Waals surface area contributed by atoms with E-state index in [1.165, 1.54) is 12.7 Å². The monoisotopic (exact) mass is 224 g/mol. The smallest absolute Gasteiger partial charge is 0.305 e. The zero-order valence-corrected chi connectivity index (χ0v) is 10.3. The first-order chi connectivity index (χ1) is 7.47. The molecule has 90 valence electrons. The summed E-state index contributed by atoms with van der Waals surface area (Å²) in [5.74, 6) is 0.637. The van der Waals surface area contributed by atoms with Gasteiger partial charge in [0.25, 0.3) is 0 Å². The maximum absolute atomic E-state index is 11.4. The normalized spacial score (nSPS) is 41.1. The Hall–Kier alpha value is -0.830. The molecule has 2 fully saturated rings. The van der Waals surface area contributed by atoms with Crippen LogP contribution in [-0.2, 0) is 14.3 Å². The third kappa shape index (κ3) is 1.88. The number of ether oxygens (including phenoxy) is 2. The van der Waals surface area contributed by atoms with Crippen LogP contribution in [0.25, 0.3) is 0 Å². The van der Waals surface area contributed by atoms with Gasteiger partial charge in [0.15, 0.2) is 0 Å². The van der Waals surface area contributed by atoms with Crippen LogP contribution in [-0.4, -0.2) is 24.8 Å². The van der Waals surface area contributed by atoms with Gasteiger partial charge >= 0.3 is 5.97 Å². The van der Waals surface area contributed by atoms with Gasteiger partial charge in [0.05, 0.1) is 25.2 Å². The van der Waals surface area contributed by atoms with Gasteiger partial charge in [-0.3, -0.25) is 4.79 Å². The molecular weight excluding hydrogens is 204 g/mol. The van der Waals surface area contributed by atoms with Crippen LogP contribution in [0.1, 0.15) is 33.1 Å². The second kappa shape index (κ2) is 3.88. The van der Waals surface area contributed by atoms with Crippen LogP contribution in [0, 0.1) is 11.8 Å². The molecule has 4 atom stereocenters. The number of fused-ring (bicyclic) bond motifs is 1. The number of hydrogen-bond donors (Lipinski definition) is 0. The molecule has 1 aliphatic heterocycles. The Morgan fingerprint density at radius 3 is 2.81 bits per heavy atom. The highest BCUT2D eigenvalue weighted by molar-refractivity contribution is 5.69. The molecule has 0 bridgehead atoms. The highest BCUT2D eigenvalue weighted by atomic mass is 16.6. The fraction of sp³-hybridized carbons (Fsp3) is 0.769. The first-order valence-electron chi connectivity index (χ1n) is 5.87. The number of allylic oxidation sites excluding steroid dienone is 1.